The molecule has 4 N–H and O–H groups in total. The zero-order valence-electron chi connectivity index (χ0n) is 22.5. The average Bonchev–Trinajstić information content (AvgIpc) is 3.75. The largest absolute Gasteiger partial charge is 0.444 e. The van der Waals surface area contributed by atoms with E-state index >= 15 is 0 Å². The number of aliphatic hydroxyl groups is 1. The Balaban J connectivity index is 1.67. The molecule has 0 aliphatic carbocycles. The maximum absolute atomic E-state index is 14.2. The second-order valence-corrected chi connectivity index (χ2v) is 11.2. The second-order valence-electron chi connectivity index (χ2n) is 10.2. The summed E-state index contributed by atoms with van der Waals surface area (Å²) in [6.45, 7) is 3.01. The summed E-state index contributed by atoms with van der Waals surface area (Å²) in [6.07, 6.45) is 4.09. The van der Waals surface area contributed by atoms with Gasteiger partial charge in [-0.25, -0.2) is 9.97 Å². The highest BCUT2D eigenvalue weighted by molar-refractivity contribution is 7.09. The molecule has 1 aliphatic rings. The molecule has 3 atom stereocenters. The van der Waals surface area contributed by atoms with Crippen molar-refractivity contribution in [2.24, 2.45) is 5.73 Å². The monoisotopic (exact) mass is 559 g/mol. The van der Waals surface area contributed by atoms with E-state index < -0.39 is 17.9 Å². The standard InChI is InChI=1S/C30H33N5O4S/c1-18-16-40-26(34-18)15-35(2)30(38)23-13-20(25-14-32-17-39-25)12-22(29(31)37)27(23)21(11-19-7-4-3-5-8-19)28(36)24-9-6-10-33-24/h3-5,7-8,12-14,16-17,21,24,28,33,36H,6,9-11,15H2,1-2H3,(H2,31,37)/t21-,24?,28+/m0/s1. The Kier molecular flexibility index (Phi) is 8.39. The minimum Gasteiger partial charge on any atom is -0.444 e. The van der Waals surface area contributed by atoms with Crippen molar-refractivity contribution >= 4 is 23.2 Å². The number of aromatic nitrogens is 2. The van der Waals surface area contributed by atoms with Crippen LogP contribution in [-0.2, 0) is 13.0 Å². The smallest absolute Gasteiger partial charge is 0.254 e. The number of nitrogens with one attached hydrogen (secondary N) is 1. The number of hydrogen-bond acceptors (Lipinski definition) is 8. The fourth-order valence-electron chi connectivity index (χ4n) is 5.43. The quantitative estimate of drug-likeness (QED) is 0.268. The van der Waals surface area contributed by atoms with Crippen LogP contribution in [0.2, 0.25) is 0 Å². The number of carbonyl (C=O) groups is 2. The van der Waals surface area contributed by atoms with E-state index in [0.29, 0.717) is 29.9 Å². The first kappa shape index (κ1) is 27.7. The molecule has 0 saturated carbocycles. The van der Waals surface area contributed by atoms with Crippen molar-refractivity contribution in [3.8, 4) is 11.3 Å². The van der Waals surface area contributed by atoms with Crippen LogP contribution in [0.3, 0.4) is 0 Å². The van der Waals surface area contributed by atoms with Gasteiger partial charge in [0.2, 0.25) is 5.91 Å². The molecule has 1 aliphatic heterocycles. The van der Waals surface area contributed by atoms with Gasteiger partial charge in [0.15, 0.2) is 12.2 Å². The lowest BCUT2D eigenvalue weighted by atomic mass is 9.78. The molecule has 2 aromatic carbocycles. The summed E-state index contributed by atoms with van der Waals surface area (Å²) >= 11 is 1.48. The van der Waals surface area contributed by atoms with E-state index in [4.69, 9.17) is 10.2 Å². The number of hydrogen-bond donors (Lipinski definition) is 3. The lowest BCUT2D eigenvalue weighted by Gasteiger charge is -2.32. The fraction of sp³-hybridized carbons (Fsp3) is 0.333. The van der Waals surface area contributed by atoms with Crippen molar-refractivity contribution in [3.05, 3.63) is 93.4 Å². The summed E-state index contributed by atoms with van der Waals surface area (Å²) in [5.41, 5.74) is 9.25. The highest BCUT2D eigenvalue weighted by Crippen LogP contribution is 2.37. The first-order chi connectivity index (χ1) is 19.3. The number of thiazole rings is 1. The van der Waals surface area contributed by atoms with E-state index in [1.54, 1.807) is 24.1 Å². The van der Waals surface area contributed by atoms with Crippen LogP contribution in [0.25, 0.3) is 11.3 Å². The van der Waals surface area contributed by atoms with Gasteiger partial charge in [-0.05, 0) is 56.0 Å². The van der Waals surface area contributed by atoms with Crippen LogP contribution in [0.4, 0.5) is 0 Å². The molecule has 4 aromatic rings. The number of benzene rings is 2. The van der Waals surface area contributed by atoms with Gasteiger partial charge in [-0.1, -0.05) is 30.3 Å². The summed E-state index contributed by atoms with van der Waals surface area (Å²) in [6, 6.07) is 12.9. The molecule has 2 aromatic heterocycles. The van der Waals surface area contributed by atoms with Crippen LogP contribution in [0.1, 0.15) is 61.3 Å². The Morgan fingerprint density at radius 2 is 2.02 bits per heavy atom. The van der Waals surface area contributed by atoms with E-state index in [1.807, 2.05) is 42.6 Å². The number of oxazole rings is 1. The number of aryl methyl sites for hydroxylation is 1. The molecule has 10 heteroatoms. The number of amides is 2. The Morgan fingerprint density at radius 3 is 2.65 bits per heavy atom. The molecule has 3 heterocycles. The Bertz CT molecular complexity index is 1460. The maximum atomic E-state index is 14.2. The topological polar surface area (TPSA) is 135 Å². The van der Waals surface area contributed by atoms with Crippen LogP contribution in [0.15, 0.2) is 64.9 Å². The first-order valence-corrected chi connectivity index (χ1v) is 14.2. The van der Waals surface area contributed by atoms with Crippen LogP contribution >= 0.6 is 11.3 Å². The van der Waals surface area contributed by atoms with Gasteiger partial charge in [-0.2, -0.15) is 0 Å². The SMILES string of the molecule is Cc1csc(CN(C)C(=O)c2cc(-c3cnco3)cc(C(N)=O)c2[C@H](Cc2ccccc2)[C@@H](O)C2CCCN2)n1. The van der Waals surface area contributed by atoms with E-state index in [-0.39, 0.29) is 23.1 Å². The highest BCUT2D eigenvalue weighted by Gasteiger charge is 2.36. The minimum atomic E-state index is -0.865. The Hall–Kier alpha value is -3.86. The van der Waals surface area contributed by atoms with E-state index in [1.165, 1.54) is 23.9 Å². The first-order valence-electron chi connectivity index (χ1n) is 13.3. The lowest BCUT2D eigenvalue weighted by molar-refractivity contribution is 0.0776. The lowest BCUT2D eigenvalue weighted by Crippen LogP contribution is -2.41. The molecule has 1 unspecified atom stereocenters. The van der Waals surface area contributed by atoms with Gasteiger partial charge in [0.1, 0.15) is 5.01 Å². The van der Waals surface area contributed by atoms with Gasteiger partial charge in [-0.15, -0.1) is 11.3 Å². The molecule has 208 valence electrons. The van der Waals surface area contributed by atoms with E-state index in [9.17, 15) is 14.7 Å². The summed E-state index contributed by atoms with van der Waals surface area (Å²) in [7, 11) is 1.70. The van der Waals surface area contributed by atoms with Gasteiger partial charge in [0, 0.05) is 46.8 Å². The normalized spacial score (nSPS) is 16.5. The second kappa shape index (κ2) is 12.1. The Morgan fingerprint density at radius 1 is 1.25 bits per heavy atom. The van der Waals surface area contributed by atoms with E-state index in [2.05, 4.69) is 15.3 Å². The van der Waals surface area contributed by atoms with Crippen molar-refractivity contribution in [1.82, 2.24) is 20.2 Å². The third-order valence-corrected chi connectivity index (χ3v) is 8.32. The third-order valence-electron chi connectivity index (χ3n) is 7.37. The zero-order chi connectivity index (χ0) is 28.2. The maximum Gasteiger partial charge on any atom is 0.254 e. The van der Waals surface area contributed by atoms with Gasteiger partial charge >= 0.3 is 0 Å². The molecular weight excluding hydrogens is 526 g/mol. The molecule has 9 nitrogen and oxygen atoms in total. The van der Waals surface area contributed by atoms with Gasteiger partial charge in [0.05, 0.1) is 18.8 Å². The van der Waals surface area contributed by atoms with Crippen molar-refractivity contribution < 1.29 is 19.1 Å². The predicted molar refractivity (Wildman–Crippen MR) is 153 cm³/mol. The average molecular weight is 560 g/mol. The van der Waals surface area contributed by atoms with Crippen molar-refractivity contribution in [2.45, 2.75) is 50.8 Å². The number of nitrogens with two attached hydrogens (primary N) is 1. The van der Waals surface area contributed by atoms with Crippen LogP contribution in [-0.4, -0.2) is 57.5 Å². The number of nitrogens with zero attached hydrogens (tertiary/aromatic N) is 3. The molecule has 1 saturated heterocycles. The van der Waals surface area contributed by atoms with Crippen LogP contribution in [0.5, 0.6) is 0 Å². The summed E-state index contributed by atoms with van der Waals surface area (Å²) in [4.78, 5) is 37.3. The van der Waals surface area contributed by atoms with E-state index in [0.717, 1.165) is 35.7 Å². The summed E-state index contributed by atoms with van der Waals surface area (Å²) in [5, 5.41) is 17.9. The molecule has 2 amide bonds. The number of rotatable bonds is 10. The predicted octanol–water partition coefficient (Wildman–Crippen LogP) is 3.92. The Labute approximate surface area is 237 Å². The number of primary amides is 1. The van der Waals surface area contributed by atoms with Crippen molar-refractivity contribution in [3.63, 3.8) is 0 Å². The third kappa shape index (κ3) is 5.99. The number of aliphatic hydroxyl groups excluding tert-OH is 1. The molecule has 0 spiro atoms. The summed E-state index contributed by atoms with van der Waals surface area (Å²) in [5.74, 6) is -1.18. The molecular formula is C30H33N5O4S. The molecule has 0 radical (unpaired) electrons. The highest BCUT2D eigenvalue weighted by atomic mass is 32.1. The van der Waals surface area contributed by atoms with Gasteiger partial charge < -0.3 is 25.5 Å². The van der Waals surface area contributed by atoms with Gasteiger partial charge in [0.25, 0.3) is 5.91 Å². The van der Waals surface area contributed by atoms with Crippen molar-refractivity contribution in [1.29, 1.82) is 0 Å². The fourth-order valence-corrected chi connectivity index (χ4v) is 6.26. The summed E-state index contributed by atoms with van der Waals surface area (Å²) < 4.78 is 5.52. The van der Waals surface area contributed by atoms with Crippen LogP contribution < -0.4 is 11.1 Å². The molecule has 5 rings (SSSR count). The van der Waals surface area contributed by atoms with Gasteiger partial charge in [-0.3, -0.25) is 9.59 Å². The molecule has 1 fully saturated rings. The van der Waals surface area contributed by atoms with Crippen molar-refractivity contribution in [2.75, 3.05) is 13.6 Å². The van der Waals surface area contributed by atoms with Crippen LogP contribution in [0, 0.1) is 6.92 Å². The zero-order valence-corrected chi connectivity index (χ0v) is 23.4. The minimum absolute atomic E-state index is 0.175. The molecule has 40 heavy (non-hydrogen) atoms. The molecule has 0 bridgehead atoms. The number of carbonyl (C=O) groups excluding carboxylic acids is 2.